The lowest BCUT2D eigenvalue weighted by Crippen LogP contribution is -2.31. The fraction of sp³-hybridized carbons (Fsp3) is 0.857. The van der Waals surface area contributed by atoms with E-state index < -0.39 is 10.8 Å². The Balaban J connectivity index is 2.61. The fourth-order valence-electron chi connectivity index (χ4n) is 3.05. The monoisotopic (exact) mass is 272 g/mol. The lowest BCUT2D eigenvalue weighted by Gasteiger charge is -2.36. The average Bonchev–Trinajstić information content (AvgIpc) is 2.52. The van der Waals surface area contributed by atoms with Crippen LogP contribution in [0, 0.1) is 10.8 Å². The Bertz CT molecular complexity index is 395. The van der Waals surface area contributed by atoms with Gasteiger partial charge in [0.25, 0.3) is 0 Å². The number of thioether (sulfide) groups is 1. The van der Waals surface area contributed by atoms with E-state index in [1.54, 1.807) is 0 Å². The highest BCUT2D eigenvalue weighted by atomic mass is 32.2. The molecule has 2 aliphatic rings. The third-order valence-electron chi connectivity index (χ3n) is 3.65. The quantitative estimate of drug-likeness (QED) is 0.621. The molecule has 0 aliphatic carbocycles. The van der Waals surface area contributed by atoms with Crippen molar-refractivity contribution in [3.05, 3.63) is 11.1 Å². The Kier molecular flexibility index (Phi) is 3.11. The normalized spacial score (nSPS) is 38.1. The summed E-state index contributed by atoms with van der Waals surface area (Å²) in [6, 6.07) is 0. The second-order valence-electron chi connectivity index (χ2n) is 7.25. The lowest BCUT2D eigenvalue weighted by atomic mass is 9.74. The van der Waals surface area contributed by atoms with Crippen LogP contribution in [0.1, 0.15) is 48.5 Å². The molecule has 2 bridgehead atoms. The molecule has 0 saturated carbocycles. The van der Waals surface area contributed by atoms with E-state index in [0.717, 1.165) is 0 Å². The van der Waals surface area contributed by atoms with Gasteiger partial charge in [-0.15, -0.1) is 11.8 Å². The van der Waals surface area contributed by atoms with Crippen molar-refractivity contribution in [3.63, 3.8) is 0 Å². The second-order valence-corrected chi connectivity index (χ2v) is 10.7. The van der Waals surface area contributed by atoms with Gasteiger partial charge in [-0.25, -0.2) is 0 Å². The third kappa shape index (κ3) is 2.03. The smallest absolute Gasteiger partial charge is 0.103 e. The van der Waals surface area contributed by atoms with Gasteiger partial charge in [0.2, 0.25) is 0 Å². The zero-order valence-corrected chi connectivity index (χ0v) is 13.6. The molecule has 0 aromatic rings. The third-order valence-corrected chi connectivity index (χ3v) is 7.71. The van der Waals surface area contributed by atoms with Crippen molar-refractivity contribution in [1.29, 1.82) is 0 Å². The molecule has 4 atom stereocenters. The van der Waals surface area contributed by atoms with E-state index in [0.29, 0.717) is 10.5 Å². The molecule has 3 heteroatoms. The topological polar surface area (TPSA) is 17.1 Å². The van der Waals surface area contributed by atoms with Crippen LogP contribution in [0.25, 0.3) is 0 Å². The number of hydrogen-bond donors (Lipinski definition) is 0. The molecule has 0 N–H and O–H groups in total. The van der Waals surface area contributed by atoms with Crippen LogP contribution in [0.2, 0.25) is 0 Å². The summed E-state index contributed by atoms with van der Waals surface area (Å²) in [5.74, 6) is 0. The highest BCUT2D eigenvalue weighted by molar-refractivity contribution is 8.15. The summed E-state index contributed by atoms with van der Waals surface area (Å²) in [6.45, 7) is 15.8. The first kappa shape index (κ1) is 13.7. The molecule has 2 aliphatic heterocycles. The van der Waals surface area contributed by atoms with E-state index in [2.05, 4.69) is 48.5 Å². The molecule has 0 aromatic carbocycles. The molecule has 0 aromatic heterocycles. The van der Waals surface area contributed by atoms with E-state index in [-0.39, 0.29) is 15.4 Å². The molecule has 0 radical (unpaired) electrons. The molecule has 98 valence electrons. The highest BCUT2D eigenvalue weighted by Crippen LogP contribution is 2.58. The summed E-state index contributed by atoms with van der Waals surface area (Å²) < 4.78 is 12.8. The largest absolute Gasteiger partial charge is 0.257 e. The minimum absolute atomic E-state index is 0.144. The number of fused-ring (bicyclic) bond motifs is 2. The molecule has 1 unspecified atom stereocenters. The van der Waals surface area contributed by atoms with Gasteiger partial charge in [-0.2, -0.15) is 0 Å². The zero-order chi connectivity index (χ0) is 13.2. The van der Waals surface area contributed by atoms with Crippen molar-refractivity contribution in [2.45, 2.75) is 63.5 Å². The van der Waals surface area contributed by atoms with Crippen molar-refractivity contribution < 1.29 is 4.21 Å². The van der Waals surface area contributed by atoms with E-state index >= 15 is 0 Å². The van der Waals surface area contributed by atoms with Crippen LogP contribution in [0.5, 0.6) is 0 Å². The summed E-state index contributed by atoms with van der Waals surface area (Å²) in [6.07, 6.45) is 0. The van der Waals surface area contributed by atoms with Crippen molar-refractivity contribution in [1.82, 2.24) is 0 Å². The minimum atomic E-state index is -0.696. The van der Waals surface area contributed by atoms with Crippen LogP contribution in [0.4, 0.5) is 0 Å². The first-order chi connectivity index (χ1) is 7.55. The summed E-state index contributed by atoms with van der Waals surface area (Å²) >= 11 is 1.92. The zero-order valence-electron chi connectivity index (χ0n) is 12.0. The van der Waals surface area contributed by atoms with Gasteiger partial charge >= 0.3 is 0 Å². The first-order valence-corrected chi connectivity index (χ1v) is 8.57. The van der Waals surface area contributed by atoms with Gasteiger partial charge in [0.1, 0.15) is 4.58 Å². The van der Waals surface area contributed by atoms with Crippen LogP contribution in [-0.2, 0) is 10.8 Å². The molecule has 1 saturated heterocycles. The SMILES string of the molecule is C[C@@H]1S[C@@H]2C(C(C)(C)C)=C(C(C)(C)C)[C@H]1S2=O. The maximum Gasteiger partial charge on any atom is 0.103 e. The van der Waals surface area contributed by atoms with E-state index in [9.17, 15) is 4.21 Å². The molecule has 2 rings (SSSR count). The summed E-state index contributed by atoms with van der Waals surface area (Å²) in [4.78, 5) is 0. The van der Waals surface area contributed by atoms with Gasteiger partial charge in [0, 0.05) is 16.0 Å². The average molecular weight is 272 g/mol. The van der Waals surface area contributed by atoms with Gasteiger partial charge in [0.05, 0.1) is 5.25 Å². The summed E-state index contributed by atoms with van der Waals surface area (Å²) in [5, 5.41) is 0.806. The van der Waals surface area contributed by atoms with Crippen LogP contribution in [-0.4, -0.2) is 19.3 Å². The molecular formula is C14H24OS2. The van der Waals surface area contributed by atoms with Gasteiger partial charge in [0.15, 0.2) is 0 Å². The van der Waals surface area contributed by atoms with Crippen molar-refractivity contribution in [2.75, 3.05) is 0 Å². The highest BCUT2D eigenvalue weighted by Gasteiger charge is 2.55. The predicted molar refractivity (Wildman–Crippen MR) is 78.7 cm³/mol. The Labute approximate surface area is 112 Å². The van der Waals surface area contributed by atoms with E-state index in [4.69, 9.17) is 0 Å². The Morgan fingerprint density at radius 3 is 1.88 bits per heavy atom. The Morgan fingerprint density at radius 2 is 1.47 bits per heavy atom. The summed E-state index contributed by atoms with van der Waals surface area (Å²) in [7, 11) is -0.696. The molecule has 0 spiro atoms. The van der Waals surface area contributed by atoms with Crippen molar-refractivity contribution in [2.24, 2.45) is 10.8 Å². The Hall–Kier alpha value is 0.240. The molecular weight excluding hydrogens is 248 g/mol. The van der Waals surface area contributed by atoms with Gasteiger partial charge < -0.3 is 0 Å². The first-order valence-electron chi connectivity index (χ1n) is 6.35. The maximum atomic E-state index is 12.5. The summed E-state index contributed by atoms with van der Waals surface area (Å²) in [5.41, 5.74) is 3.24. The molecule has 1 nitrogen and oxygen atoms in total. The fourth-order valence-corrected chi connectivity index (χ4v) is 8.25. The van der Waals surface area contributed by atoms with E-state index in [1.807, 2.05) is 11.8 Å². The van der Waals surface area contributed by atoms with Crippen molar-refractivity contribution >= 4 is 22.6 Å². The van der Waals surface area contributed by atoms with Crippen molar-refractivity contribution in [3.8, 4) is 0 Å². The van der Waals surface area contributed by atoms with Gasteiger partial charge in [-0.3, -0.25) is 4.21 Å². The lowest BCUT2D eigenvalue weighted by molar-refractivity contribution is 0.434. The maximum absolute atomic E-state index is 12.5. The van der Waals surface area contributed by atoms with E-state index in [1.165, 1.54) is 11.1 Å². The Morgan fingerprint density at radius 1 is 1.00 bits per heavy atom. The molecule has 0 amide bonds. The standard InChI is InChI=1S/C14H24OS2/c1-8-11-9(13(2,3)4)10(14(5,6)7)12(16-8)17(11)15/h8,11-12H,1-7H3/t8-,11-,12-,17?/m0/s1. The second kappa shape index (κ2) is 3.86. The van der Waals surface area contributed by atoms with Crippen LogP contribution >= 0.6 is 11.8 Å². The van der Waals surface area contributed by atoms with Crippen LogP contribution in [0.15, 0.2) is 11.1 Å². The molecule has 2 heterocycles. The molecule has 1 fully saturated rings. The van der Waals surface area contributed by atoms with Gasteiger partial charge in [-0.05, 0) is 22.0 Å². The molecule has 17 heavy (non-hydrogen) atoms. The predicted octanol–water partition coefficient (Wildman–Crippen LogP) is 3.97. The van der Waals surface area contributed by atoms with Crippen LogP contribution < -0.4 is 0 Å². The minimum Gasteiger partial charge on any atom is -0.257 e. The number of rotatable bonds is 0. The number of hydrogen-bond acceptors (Lipinski definition) is 2. The van der Waals surface area contributed by atoms with Crippen LogP contribution in [0.3, 0.4) is 0 Å². The van der Waals surface area contributed by atoms with Gasteiger partial charge in [-0.1, -0.05) is 48.5 Å².